The number of rotatable bonds is 5. The number of hydrogen-bond donors (Lipinski definition) is 2. The molecule has 2 rings (SSSR count). The van der Waals surface area contributed by atoms with E-state index >= 15 is 0 Å². The summed E-state index contributed by atoms with van der Waals surface area (Å²) in [5.74, 6) is 1.92. The van der Waals surface area contributed by atoms with Crippen LogP contribution in [0.2, 0.25) is 0 Å². The summed E-state index contributed by atoms with van der Waals surface area (Å²) in [5.41, 5.74) is 0. The largest absolute Gasteiger partial charge is 0.347 e. The predicted molar refractivity (Wildman–Crippen MR) is 52.3 cm³/mol. The van der Waals surface area contributed by atoms with E-state index in [4.69, 9.17) is 0 Å². The zero-order valence-corrected chi connectivity index (χ0v) is 8.09. The van der Waals surface area contributed by atoms with Crippen molar-refractivity contribution >= 4 is 0 Å². The van der Waals surface area contributed by atoms with Gasteiger partial charge in [0, 0.05) is 12.4 Å². The Morgan fingerprint density at radius 3 is 3.08 bits per heavy atom. The summed E-state index contributed by atoms with van der Waals surface area (Å²) in [6.07, 6.45) is 7.62. The Morgan fingerprint density at radius 1 is 1.69 bits per heavy atom. The molecule has 1 unspecified atom stereocenters. The molecule has 1 aliphatic rings. The van der Waals surface area contributed by atoms with Crippen molar-refractivity contribution in [1.29, 1.82) is 0 Å². The first kappa shape index (κ1) is 8.75. The molecule has 3 nitrogen and oxygen atoms in total. The molecule has 72 valence electrons. The highest BCUT2D eigenvalue weighted by Crippen LogP contribution is 2.39. The molecule has 1 atom stereocenters. The molecule has 1 saturated carbocycles. The molecular formula is C10H17N3. The summed E-state index contributed by atoms with van der Waals surface area (Å²) in [7, 11) is 0. The predicted octanol–water partition coefficient (Wildman–Crippen LogP) is 1.86. The molecule has 1 aliphatic carbocycles. The van der Waals surface area contributed by atoms with Gasteiger partial charge in [0.2, 0.25) is 0 Å². The van der Waals surface area contributed by atoms with Crippen LogP contribution in [0, 0.1) is 5.92 Å². The first-order valence-electron chi connectivity index (χ1n) is 5.14. The van der Waals surface area contributed by atoms with E-state index < -0.39 is 0 Å². The van der Waals surface area contributed by atoms with E-state index in [1.165, 1.54) is 19.3 Å². The Labute approximate surface area is 79.0 Å². The van der Waals surface area contributed by atoms with Crippen molar-refractivity contribution < 1.29 is 0 Å². The van der Waals surface area contributed by atoms with E-state index in [1.54, 1.807) is 0 Å². The Kier molecular flexibility index (Phi) is 2.64. The highest BCUT2D eigenvalue weighted by atomic mass is 15.0. The minimum absolute atomic E-state index is 0.468. The maximum Gasteiger partial charge on any atom is 0.123 e. The van der Waals surface area contributed by atoms with Crippen LogP contribution in [0.25, 0.3) is 0 Å². The molecule has 2 N–H and O–H groups in total. The van der Waals surface area contributed by atoms with Gasteiger partial charge in [0.1, 0.15) is 5.82 Å². The third-order valence-electron chi connectivity index (χ3n) is 2.52. The van der Waals surface area contributed by atoms with Crippen molar-refractivity contribution in [2.45, 2.75) is 32.2 Å². The van der Waals surface area contributed by atoms with Crippen molar-refractivity contribution in [3.05, 3.63) is 18.2 Å². The normalized spacial score (nSPS) is 18.8. The lowest BCUT2D eigenvalue weighted by Gasteiger charge is -2.14. The lowest BCUT2D eigenvalue weighted by atomic mass is 10.1. The van der Waals surface area contributed by atoms with Crippen LogP contribution in [0.3, 0.4) is 0 Å². The van der Waals surface area contributed by atoms with Gasteiger partial charge in [0.15, 0.2) is 0 Å². The average Bonchev–Trinajstić information content (AvgIpc) is 2.82. The highest BCUT2D eigenvalue weighted by Gasteiger charge is 2.33. The lowest BCUT2D eigenvalue weighted by Crippen LogP contribution is -2.24. The van der Waals surface area contributed by atoms with Crippen LogP contribution in [-0.4, -0.2) is 16.5 Å². The van der Waals surface area contributed by atoms with Gasteiger partial charge in [-0.2, -0.15) is 0 Å². The third-order valence-corrected chi connectivity index (χ3v) is 2.52. The van der Waals surface area contributed by atoms with E-state index in [0.717, 1.165) is 18.3 Å². The first-order valence-corrected chi connectivity index (χ1v) is 5.14. The smallest absolute Gasteiger partial charge is 0.123 e. The van der Waals surface area contributed by atoms with Gasteiger partial charge in [-0.25, -0.2) is 4.98 Å². The zero-order valence-electron chi connectivity index (χ0n) is 8.09. The van der Waals surface area contributed by atoms with Gasteiger partial charge in [-0.3, -0.25) is 0 Å². The van der Waals surface area contributed by atoms with Gasteiger partial charge < -0.3 is 10.3 Å². The molecule has 0 bridgehead atoms. The lowest BCUT2D eigenvalue weighted by molar-refractivity contribution is 0.462. The third kappa shape index (κ3) is 2.10. The fourth-order valence-corrected chi connectivity index (χ4v) is 1.66. The van der Waals surface area contributed by atoms with Gasteiger partial charge in [-0.15, -0.1) is 0 Å². The second kappa shape index (κ2) is 3.92. The van der Waals surface area contributed by atoms with Crippen molar-refractivity contribution in [3.8, 4) is 0 Å². The number of aromatic amines is 1. The van der Waals surface area contributed by atoms with Crippen LogP contribution >= 0.6 is 0 Å². The van der Waals surface area contributed by atoms with E-state index in [9.17, 15) is 0 Å². The van der Waals surface area contributed by atoms with Gasteiger partial charge in [-0.1, -0.05) is 6.92 Å². The molecule has 1 aromatic rings. The molecule has 0 radical (unpaired) electrons. The van der Waals surface area contributed by atoms with E-state index in [1.807, 2.05) is 12.4 Å². The average molecular weight is 179 g/mol. The highest BCUT2D eigenvalue weighted by molar-refractivity contribution is 5.02. The summed E-state index contributed by atoms with van der Waals surface area (Å²) in [4.78, 5) is 7.51. The molecule has 0 spiro atoms. The number of nitrogens with zero attached hydrogens (tertiary/aromatic N) is 1. The quantitative estimate of drug-likeness (QED) is 0.724. The van der Waals surface area contributed by atoms with Gasteiger partial charge in [0.05, 0.1) is 6.04 Å². The number of H-pyrrole nitrogens is 1. The van der Waals surface area contributed by atoms with Crippen LogP contribution in [0.5, 0.6) is 0 Å². The first-order chi connectivity index (χ1) is 6.42. The standard InChI is InChI=1S/C10H17N3/c1-2-5-11-9(8-3-4-8)10-12-6-7-13-10/h6-9,11H,2-5H2,1H3,(H,12,13). The molecule has 1 aromatic heterocycles. The molecule has 3 heteroatoms. The number of aromatic nitrogens is 2. The van der Waals surface area contributed by atoms with Crippen molar-refractivity contribution in [2.75, 3.05) is 6.54 Å². The van der Waals surface area contributed by atoms with E-state index in [2.05, 4.69) is 22.2 Å². The van der Waals surface area contributed by atoms with Crippen LogP contribution < -0.4 is 5.32 Å². The summed E-state index contributed by atoms with van der Waals surface area (Å²) in [6, 6.07) is 0.468. The topological polar surface area (TPSA) is 40.7 Å². The zero-order chi connectivity index (χ0) is 9.10. The maximum atomic E-state index is 4.31. The maximum absolute atomic E-state index is 4.31. The Morgan fingerprint density at radius 2 is 2.54 bits per heavy atom. The molecule has 0 saturated heterocycles. The monoisotopic (exact) mass is 179 g/mol. The number of hydrogen-bond acceptors (Lipinski definition) is 2. The Hall–Kier alpha value is -0.830. The molecule has 0 aromatic carbocycles. The molecule has 13 heavy (non-hydrogen) atoms. The van der Waals surface area contributed by atoms with Crippen LogP contribution in [-0.2, 0) is 0 Å². The fraction of sp³-hybridized carbons (Fsp3) is 0.700. The van der Waals surface area contributed by atoms with Gasteiger partial charge >= 0.3 is 0 Å². The van der Waals surface area contributed by atoms with E-state index in [-0.39, 0.29) is 0 Å². The second-order valence-corrected chi connectivity index (χ2v) is 3.74. The summed E-state index contributed by atoms with van der Waals surface area (Å²) in [6.45, 7) is 3.28. The van der Waals surface area contributed by atoms with Crippen molar-refractivity contribution in [1.82, 2.24) is 15.3 Å². The summed E-state index contributed by atoms with van der Waals surface area (Å²) in [5, 5.41) is 3.54. The fourth-order valence-electron chi connectivity index (χ4n) is 1.66. The van der Waals surface area contributed by atoms with Crippen LogP contribution in [0.4, 0.5) is 0 Å². The van der Waals surface area contributed by atoms with Crippen molar-refractivity contribution in [2.24, 2.45) is 5.92 Å². The van der Waals surface area contributed by atoms with E-state index in [0.29, 0.717) is 6.04 Å². The number of nitrogens with one attached hydrogen (secondary N) is 2. The Bertz CT molecular complexity index is 239. The summed E-state index contributed by atoms with van der Waals surface area (Å²) < 4.78 is 0. The minimum Gasteiger partial charge on any atom is -0.347 e. The summed E-state index contributed by atoms with van der Waals surface area (Å²) >= 11 is 0. The molecular weight excluding hydrogens is 162 g/mol. The second-order valence-electron chi connectivity index (χ2n) is 3.74. The molecule has 1 fully saturated rings. The van der Waals surface area contributed by atoms with Gasteiger partial charge in [-0.05, 0) is 31.7 Å². The number of imidazole rings is 1. The molecule has 1 heterocycles. The Balaban J connectivity index is 1.97. The van der Waals surface area contributed by atoms with Crippen LogP contribution in [0.1, 0.15) is 38.1 Å². The van der Waals surface area contributed by atoms with Crippen LogP contribution in [0.15, 0.2) is 12.4 Å². The minimum atomic E-state index is 0.468. The SMILES string of the molecule is CCCNC(c1ncc[nH]1)C1CC1. The molecule has 0 amide bonds. The van der Waals surface area contributed by atoms with Crippen molar-refractivity contribution in [3.63, 3.8) is 0 Å². The molecule has 0 aliphatic heterocycles. The van der Waals surface area contributed by atoms with Gasteiger partial charge in [0.25, 0.3) is 0 Å².